The van der Waals surface area contributed by atoms with Crippen molar-refractivity contribution in [3.63, 3.8) is 0 Å². The van der Waals surface area contributed by atoms with Crippen molar-refractivity contribution in [2.24, 2.45) is 5.92 Å². The number of esters is 1. The molecular weight excluding hydrogens is 388 g/mol. The molecule has 1 aromatic rings. The van der Waals surface area contributed by atoms with Gasteiger partial charge in [0.2, 0.25) is 12.7 Å². The first-order chi connectivity index (χ1) is 13.4. The van der Waals surface area contributed by atoms with Gasteiger partial charge in [-0.3, -0.25) is 14.4 Å². The summed E-state index contributed by atoms with van der Waals surface area (Å²) in [5.41, 5.74) is 0.313. The Kier molecular flexibility index (Phi) is 6.28. The third-order valence-electron chi connectivity index (χ3n) is 4.79. The van der Waals surface area contributed by atoms with Crippen LogP contribution in [0.25, 0.3) is 0 Å². The normalized spacial score (nSPS) is 18.0. The Hall–Kier alpha value is -2.48. The first-order valence-electron chi connectivity index (χ1n) is 9.19. The Morgan fingerprint density at radius 2 is 2.11 bits per heavy atom. The molecule has 1 fully saturated rings. The number of halogens is 1. The summed E-state index contributed by atoms with van der Waals surface area (Å²) in [5, 5.41) is 0.284. The zero-order chi connectivity index (χ0) is 20.3. The van der Waals surface area contributed by atoms with E-state index in [-0.39, 0.29) is 42.1 Å². The lowest BCUT2D eigenvalue weighted by atomic mass is 9.98. The van der Waals surface area contributed by atoms with E-state index in [2.05, 4.69) is 0 Å². The number of carbonyl (C=O) groups is 3. The summed E-state index contributed by atoms with van der Waals surface area (Å²) in [5.74, 6) is -0.339. The molecule has 152 valence electrons. The number of carbonyl (C=O) groups excluding carboxylic acids is 3. The topological polar surface area (TPSA) is 85.4 Å². The number of fused-ring (bicyclic) bond motifs is 1. The van der Waals surface area contributed by atoms with Gasteiger partial charge in [0.25, 0.3) is 5.91 Å². The number of rotatable bonds is 5. The van der Waals surface area contributed by atoms with E-state index in [1.54, 1.807) is 24.9 Å². The Balaban J connectivity index is 1.61. The Labute approximate surface area is 168 Å². The van der Waals surface area contributed by atoms with E-state index >= 15 is 0 Å². The number of nitrogens with zero attached hydrogens (tertiary/aromatic N) is 2. The van der Waals surface area contributed by atoms with Gasteiger partial charge >= 0.3 is 5.97 Å². The zero-order valence-corrected chi connectivity index (χ0v) is 16.7. The monoisotopic (exact) mass is 410 g/mol. The molecule has 1 aromatic carbocycles. The van der Waals surface area contributed by atoms with Crippen molar-refractivity contribution in [1.29, 1.82) is 0 Å². The largest absolute Gasteiger partial charge is 0.466 e. The molecular formula is C19H23ClN2O6. The van der Waals surface area contributed by atoms with Crippen LogP contribution in [0.2, 0.25) is 5.02 Å². The van der Waals surface area contributed by atoms with E-state index in [9.17, 15) is 14.4 Å². The van der Waals surface area contributed by atoms with Gasteiger partial charge in [-0.1, -0.05) is 11.6 Å². The maximum absolute atomic E-state index is 12.7. The second-order valence-electron chi connectivity index (χ2n) is 6.78. The van der Waals surface area contributed by atoms with Gasteiger partial charge in [0.1, 0.15) is 0 Å². The molecule has 2 aliphatic heterocycles. The molecule has 1 atom stereocenters. The minimum absolute atomic E-state index is 0.0532. The summed E-state index contributed by atoms with van der Waals surface area (Å²) in [6.07, 6.45) is 1.43. The van der Waals surface area contributed by atoms with Crippen LogP contribution in [-0.4, -0.2) is 67.7 Å². The predicted molar refractivity (Wildman–Crippen MR) is 100 cm³/mol. The van der Waals surface area contributed by atoms with E-state index in [1.165, 1.54) is 11.0 Å². The fraction of sp³-hybridized carbons (Fsp3) is 0.526. The number of amides is 2. The lowest BCUT2D eigenvalue weighted by Gasteiger charge is -2.32. The lowest BCUT2D eigenvalue weighted by Crippen LogP contribution is -2.47. The second-order valence-corrected chi connectivity index (χ2v) is 7.19. The number of likely N-dealkylation sites (tertiary alicyclic amines) is 1. The van der Waals surface area contributed by atoms with Crippen LogP contribution in [0, 0.1) is 5.92 Å². The van der Waals surface area contributed by atoms with E-state index < -0.39 is 0 Å². The van der Waals surface area contributed by atoms with Gasteiger partial charge in [0, 0.05) is 25.7 Å². The van der Waals surface area contributed by atoms with Gasteiger partial charge in [-0.15, -0.1) is 0 Å². The van der Waals surface area contributed by atoms with Crippen LogP contribution < -0.4 is 9.47 Å². The molecule has 0 bridgehead atoms. The molecule has 0 spiro atoms. The minimum atomic E-state index is -0.354. The number of benzene rings is 1. The van der Waals surface area contributed by atoms with Gasteiger partial charge in [-0.05, 0) is 31.9 Å². The van der Waals surface area contributed by atoms with Crippen molar-refractivity contribution in [3.05, 3.63) is 22.7 Å². The Bertz CT molecular complexity index is 784. The van der Waals surface area contributed by atoms with Crippen LogP contribution in [0.5, 0.6) is 11.5 Å². The van der Waals surface area contributed by atoms with Crippen molar-refractivity contribution in [2.45, 2.75) is 19.8 Å². The number of ether oxygens (including phenoxy) is 3. The summed E-state index contributed by atoms with van der Waals surface area (Å²) in [4.78, 5) is 40.2. The summed E-state index contributed by atoms with van der Waals surface area (Å²) in [6.45, 7) is 2.91. The van der Waals surface area contributed by atoms with Crippen molar-refractivity contribution < 1.29 is 28.6 Å². The van der Waals surface area contributed by atoms with Crippen LogP contribution >= 0.6 is 11.6 Å². The summed E-state index contributed by atoms with van der Waals surface area (Å²) >= 11 is 6.13. The molecule has 0 radical (unpaired) electrons. The summed E-state index contributed by atoms with van der Waals surface area (Å²) in [6, 6.07) is 3.05. The Morgan fingerprint density at radius 1 is 1.32 bits per heavy atom. The lowest BCUT2D eigenvalue weighted by molar-refractivity contribution is -0.151. The number of piperidine rings is 1. The van der Waals surface area contributed by atoms with Gasteiger partial charge in [-0.2, -0.15) is 0 Å². The quantitative estimate of drug-likeness (QED) is 0.690. The fourth-order valence-electron chi connectivity index (χ4n) is 3.34. The zero-order valence-electron chi connectivity index (χ0n) is 15.9. The van der Waals surface area contributed by atoms with Gasteiger partial charge in [0.15, 0.2) is 11.5 Å². The van der Waals surface area contributed by atoms with E-state index in [4.69, 9.17) is 25.8 Å². The number of likely N-dealkylation sites (N-methyl/N-ethyl adjacent to an activating group) is 1. The maximum atomic E-state index is 12.7. The standard InChI is InChI=1S/C19H23ClN2O6/c1-3-26-19(25)12-5-4-6-22(9-12)16(23)10-21(2)18(24)13-7-14(20)17-15(8-13)27-11-28-17/h7-8,12H,3-6,9-11H2,1-2H3. The van der Waals surface area contributed by atoms with Crippen LogP contribution in [0.4, 0.5) is 0 Å². The third kappa shape index (κ3) is 4.32. The smallest absolute Gasteiger partial charge is 0.310 e. The molecule has 1 saturated heterocycles. The van der Waals surface area contributed by atoms with E-state index in [1.807, 2.05) is 0 Å². The van der Waals surface area contributed by atoms with Crippen LogP contribution in [0.15, 0.2) is 12.1 Å². The predicted octanol–water partition coefficient (Wildman–Crippen LogP) is 1.94. The molecule has 0 N–H and O–H groups in total. The highest BCUT2D eigenvalue weighted by Crippen LogP contribution is 2.40. The average Bonchev–Trinajstić information content (AvgIpc) is 3.17. The SMILES string of the molecule is CCOC(=O)C1CCCN(C(=O)CN(C)C(=O)c2cc(Cl)c3c(c2)OCO3)C1. The molecule has 3 rings (SSSR count). The molecule has 9 heteroatoms. The van der Waals surface area contributed by atoms with E-state index in [0.717, 1.165) is 6.42 Å². The van der Waals surface area contributed by atoms with Crippen molar-refractivity contribution in [2.75, 3.05) is 40.1 Å². The molecule has 1 unspecified atom stereocenters. The van der Waals surface area contributed by atoms with Crippen LogP contribution in [0.3, 0.4) is 0 Å². The number of hydrogen-bond acceptors (Lipinski definition) is 6. The molecule has 0 aliphatic carbocycles. The second kappa shape index (κ2) is 8.68. The van der Waals surface area contributed by atoms with Crippen molar-refractivity contribution in [1.82, 2.24) is 9.80 Å². The maximum Gasteiger partial charge on any atom is 0.310 e. The fourth-order valence-corrected chi connectivity index (χ4v) is 3.61. The van der Waals surface area contributed by atoms with Gasteiger partial charge in [0.05, 0.1) is 24.1 Å². The molecule has 0 saturated carbocycles. The van der Waals surface area contributed by atoms with Crippen LogP contribution in [-0.2, 0) is 14.3 Å². The van der Waals surface area contributed by atoms with Gasteiger partial charge < -0.3 is 24.0 Å². The molecule has 0 aromatic heterocycles. The van der Waals surface area contributed by atoms with E-state index in [0.29, 0.717) is 43.2 Å². The molecule has 8 nitrogen and oxygen atoms in total. The highest BCUT2D eigenvalue weighted by Gasteiger charge is 2.30. The average molecular weight is 411 g/mol. The van der Waals surface area contributed by atoms with Crippen LogP contribution in [0.1, 0.15) is 30.1 Å². The summed E-state index contributed by atoms with van der Waals surface area (Å²) < 4.78 is 15.6. The molecule has 2 amide bonds. The van der Waals surface area contributed by atoms with Crippen molar-refractivity contribution in [3.8, 4) is 11.5 Å². The highest BCUT2D eigenvalue weighted by molar-refractivity contribution is 6.32. The summed E-state index contributed by atoms with van der Waals surface area (Å²) in [7, 11) is 1.55. The first-order valence-corrected chi connectivity index (χ1v) is 9.57. The Morgan fingerprint density at radius 3 is 2.86 bits per heavy atom. The first kappa shape index (κ1) is 20.3. The van der Waals surface area contributed by atoms with Crippen molar-refractivity contribution >= 4 is 29.4 Å². The molecule has 28 heavy (non-hydrogen) atoms. The number of hydrogen-bond donors (Lipinski definition) is 0. The highest BCUT2D eigenvalue weighted by atomic mass is 35.5. The third-order valence-corrected chi connectivity index (χ3v) is 5.07. The molecule has 2 heterocycles. The minimum Gasteiger partial charge on any atom is -0.466 e. The van der Waals surface area contributed by atoms with Gasteiger partial charge in [-0.25, -0.2) is 0 Å². The molecule has 2 aliphatic rings.